The predicted octanol–water partition coefficient (Wildman–Crippen LogP) is 3.42. The van der Waals surface area contributed by atoms with Gasteiger partial charge in [-0.2, -0.15) is 4.98 Å². The first-order valence-electron chi connectivity index (χ1n) is 8.96. The number of carbonyl (C=O) groups is 2. The van der Waals surface area contributed by atoms with Gasteiger partial charge in [0.05, 0.1) is 15.9 Å². The molecule has 28 heavy (non-hydrogen) atoms. The molecule has 7 nitrogen and oxygen atoms in total. The van der Waals surface area contributed by atoms with Gasteiger partial charge in [-0.25, -0.2) is 4.79 Å². The van der Waals surface area contributed by atoms with Crippen LogP contribution in [0.25, 0.3) is 0 Å². The van der Waals surface area contributed by atoms with Crippen molar-refractivity contribution < 1.29 is 19.2 Å². The number of anilines is 1. The number of hydrogen-bond acceptors (Lipinski definition) is 7. The molecule has 144 valence electrons. The number of nitrogens with zero attached hydrogens (tertiary/aromatic N) is 2. The SMILES string of the molecule is Cc1noc(CCC2(c3ccccc3)CCc3c(sc(N)c3C(=O)O)C2=O)n1. The van der Waals surface area contributed by atoms with Crippen molar-refractivity contribution in [3.8, 4) is 0 Å². The number of carboxylic acid groups (broad SMARTS) is 1. The van der Waals surface area contributed by atoms with E-state index < -0.39 is 11.4 Å². The molecule has 3 N–H and O–H groups in total. The Bertz CT molecular complexity index is 1060. The van der Waals surface area contributed by atoms with Gasteiger partial charge in [-0.15, -0.1) is 11.3 Å². The van der Waals surface area contributed by atoms with E-state index in [1.165, 1.54) is 0 Å². The first kappa shape index (κ1) is 18.4. The summed E-state index contributed by atoms with van der Waals surface area (Å²) >= 11 is 1.07. The van der Waals surface area contributed by atoms with E-state index in [1.807, 2.05) is 30.3 Å². The van der Waals surface area contributed by atoms with Crippen molar-refractivity contribution in [3.63, 3.8) is 0 Å². The van der Waals surface area contributed by atoms with Gasteiger partial charge in [0.2, 0.25) is 5.89 Å². The Morgan fingerprint density at radius 1 is 1.36 bits per heavy atom. The van der Waals surface area contributed by atoms with Crippen LogP contribution in [0.5, 0.6) is 0 Å². The second kappa shape index (κ2) is 6.87. The van der Waals surface area contributed by atoms with Crippen LogP contribution >= 0.6 is 11.3 Å². The van der Waals surface area contributed by atoms with Gasteiger partial charge in [0.15, 0.2) is 11.6 Å². The van der Waals surface area contributed by atoms with Crippen LogP contribution in [0.1, 0.15) is 55.7 Å². The van der Waals surface area contributed by atoms with Crippen LogP contribution in [0.15, 0.2) is 34.9 Å². The fourth-order valence-corrected chi connectivity index (χ4v) is 5.14. The van der Waals surface area contributed by atoms with Crippen molar-refractivity contribution in [1.82, 2.24) is 10.1 Å². The number of fused-ring (bicyclic) bond motifs is 1. The van der Waals surface area contributed by atoms with Crippen LogP contribution in [0.3, 0.4) is 0 Å². The Kier molecular flexibility index (Phi) is 4.50. The first-order valence-corrected chi connectivity index (χ1v) is 9.78. The zero-order chi connectivity index (χ0) is 19.9. The molecule has 1 atom stereocenters. The minimum Gasteiger partial charge on any atom is -0.478 e. The van der Waals surface area contributed by atoms with E-state index in [-0.39, 0.29) is 16.3 Å². The summed E-state index contributed by atoms with van der Waals surface area (Å²) < 4.78 is 5.23. The zero-order valence-corrected chi connectivity index (χ0v) is 16.1. The number of Topliss-reactive ketones (excluding diaryl/α,β-unsaturated/α-hetero) is 1. The molecule has 0 saturated carbocycles. The van der Waals surface area contributed by atoms with E-state index in [0.717, 1.165) is 16.9 Å². The molecule has 2 heterocycles. The average molecular weight is 397 g/mol. The summed E-state index contributed by atoms with van der Waals surface area (Å²) in [5.41, 5.74) is 6.69. The zero-order valence-electron chi connectivity index (χ0n) is 15.3. The Labute approximate surface area is 165 Å². The topological polar surface area (TPSA) is 119 Å². The summed E-state index contributed by atoms with van der Waals surface area (Å²) in [5, 5.41) is 13.5. The highest BCUT2D eigenvalue weighted by molar-refractivity contribution is 7.18. The summed E-state index contributed by atoms with van der Waals surface area (Å²) in [5.74, 6) is -0.127. The summed E-state index contributed by atoms with van der Waals surface area (Å²) in [6, 6.07) is 9.60. The molecule has 1 aliphatic rings. The number of hydrogen-bond donors (Lipinski definition) is 2. The lowest BCUT2D eigenvalue weighted by Gasteiger charge is -2.36. The monoisotopic (exact) mass is 397 g/mol. The van der Waals surface area contributed by atoms with Gasteiger partial charge in [-0.1, -0.05) is 35.5 Å². The van der Waals surface area contributed by atoms with Gasteiger partial charge < -0.3 is 15.4 Å². The lowest BCUT2D eigenvalue weighted by atomic mass is 9.66. The molecule has 0 spiro atoms. The lowest BCUT2D eigenvalue weighted by Crippen LogP contribution is -2.40. The number of rotatable bonds is 5. The van der Waals surface area contributed by atoms with Crippen LogP contribution in [0.2, 0.25) is 0 Å². The highest BCUT2D eigenvalue weighted by Crippen LogP contribution is 2.46. The van der Waals surface area contributed by atoms with Crippen LogP contribution in [-0.4, -0.2) is 27.0 Å². The Balaban J connectivity index is 1.77. The maximum Gasteiger partial charge on any atom is 0.338 e. The standard InChI is InChI=1S/C20H19N3O4S/c1-11-22-14(27-23-11)8-10-20(12-5-3-2-4-6-12)9-7-13-15(19(25)26)18(21)28-16(13)17(20)24/h2-6H,7-10,21H2,1H3,(H,25,26). The van der Waals surface area contributed by atoms with Crippen molar-refractivity contribution in [2.75, 3.05) is 5.73 Å². The maximum absolute atomic E-state index is 13.6. The smallest absolute Gasteiger partial charge is 0.338 e. The van der Waals surface area contributed by atoms with E-state index >= 15 is 0 Å². The summed E-state index contributed by atoms with van der Waals surface area (Å²) in [7, 11) is 0. The minimum atomic E-state index is -1.09. The fourth-order valence-electron chi connectivity index (χ4n) is 3.99. The van der Waals surface area contributed by atoms with Gasteiger partial charge in [-0.05, 0) is 37.3 Å². The van der Waals surface area contributed by atoms with E-state index in [1.54, 1.807) is 6.92 Å². The molecule has 1 aromatic carbocycles. The third-order valence-corrected chi connectivity index (χ3v) is 6.41. The molecule has 0 aliphatic heterocycles. The number of nitrogen functional groups attached to an aromatic ring is 1. The molecule has 1 unspecified atom stereocenters. The molecule has 2 aromatic heterocycles. The third kappa shape index (κ3) is 2.90. The quantitative estimate of drug-likeness (QED) is 0.677. The van der Waals surface area contributed by atoms with Crippen molar-refractivity contribution in [2.24, 2.45) is 0 Å². The molecule has 1 aliphatic carbocycles. The molecular weight excluding hydrogens is 378 g/mol. The van der Waals surface area contributed by atoms with Crippen molar-refractivity contribution >= 4 is 28.1 Å². The van der Waals surface area contributed by atoms with Gasteiger partial charge in [0.1, 0.15) is 5.00 Å². The molecule has 0 amide bonds. The number of benzene rings is 1. The summed E-state index contributed by atoms with van der Waals surface area (Å²) in [6.07, 6.45) is 1.95. The number of nitrogens with two attached hydrogens (primary N) is 1. The predicted molar refractivity (Wildman–Crippen MR) is 104 cm³/mol. The number of aromatic carboxylic acids is 1. The van der Waals surface area contributed by atoms with E-state index in [4.69, 9.17) is 10.3 Å². The maximum atomic E-state index is 13.6. The van der Waals surface area contributed by atoms with Crippen LogP contribution in [0.4, 0.5) is 5.00 Å². The van der Waals surface area contributed by atoms with Crippen molar-refractivity contribution in [3.05, 3.63) is 63.6 Å². The number of thiophene rings is 1. The summed E-state index contributed by atoms with van der Waals surface area (Å²) in [6.45, 7) is 1.75. The molecule has 3 aromatic rings. The van der Waals surface area contributed by atoms with Crippen LogP contribution in [-0.2, 0) is 18.3 Å². The van der Waals surface area contributed by atoms with Gasteiger partial charge in [-0.3, -0.25) is 4.79 Å². The molecular formula is C20H19N3O4S. The number of ketones is 1. The Hall–Kier alpha value is -3.00. The molecule has 0 bridgehead atoms. The highest BCUT2D eigenvalue weighted by Gasteiger charge is 2.46. The second-order valence-electron chi connectivity index (χ2n) is 6.97. The van der Waals surface area contributed by atoms with Gasteiger partial charge >= 0.3 is 5.97 Å². The number of aryl methyl sites for hydroxylation is 2. The van der Waals surface area contributed by atoms with Crippen molar-refractivity contribution in [2.45, 2.75) is 38.0 Å². The largest absolute Gasteiger partial charge is 0.478 e. The van der Waals surface area contributed by atoms with Gasteiger partial charge in [0, 0.05) is 6.42 Å². The van der Waals surface area contributed by atoms with Crippen LogP contribution < -0.4 is 5.73 Å². The number of carboxylic acids is 1. The molecule has 4 rings (SSSR count). The Morgan fingerprint density at radius 3 is 2.75 bits per heavy atom. The average Bonchev–Trinajstić information content (AvgIpc) is 3.25. The third-order valence-electron chi connectivity index (χ3n) is 5.35. The van der Waals surface area contributed by atoms with Crippen molar-refractivity contribution in [1.29, 1.82) is 0 Å². The fraction of sp³-hybridized carbons (Fsp3) is 0.300. The minimum absolute atomic E-state index is 0.0718. The Morgan fingerprint density at radius 2 is 2.11 bits per heavy atom. The van der Waals surface area contributed by atoms with Crippen LogP contribution in [0, 0.1) is 6.92 Å². The molecule has 0 radical (unpaired) electrons. The van der Waals surface area contributed by atoms with E-state index in [2.05, 4.69) is 10.1 Å². The molecule has 0 fully saturated rings. The normalized spacial score (nSPS) is 18.8. The number of aromatic nitrogens is 2. The molecule has 0 saturated heterocycles. The highest BCUT2D eigenvalue weighted by atomic mass is 32.1. The van der Waals surface area contributed by atoms with E-state index in [0.29, 0.717) is 47.8 Å². The first-order chi connectivity index (χ1) is 13.4. The van der Waals surface area contributed by atoms with E-state index in [9.17, 15) is 14.7 Å². The van der Waals surface area contributed by atoms with Gasteiger partial charge in [0.25, 0.3) is 0 Å². The molecule has 8 heteroatoms. The lowest BCUT2D eigenvalue weighted by molar-refractivity contribution is 0.0697. The summed E-state index contributed by atoms with van der Waals surface area (Å²) in [4.78, 5) is 29.9. The number of carbonyl (C=O) groups excluding carboxylic acids is 1. The second-order valence-corrected chi connectivity index (χ2v) is 8.02.